The molecule has 0 aromatic heterocycles. The number of piperidine rings is 1. The number of nitrogens with two attached hydrogens (primary N) is 1. The molecule has 2 aliphatic rings. The van der Waals surface area contributed by atoms with Crippen molar-refractivity contribution in [3.05, 3.63) is 53.4 Å². The lowest BCUT2D eigenvalue weighted by Gasteiger charge is -2.38. The Hall–Kier alpha value is -2.89. The predicted octanol–water partition coefficient (Wildman–Crippen LogP) is 3.28. The third-order valence-electron chi connectivity index (χ3n) is 6.54. The van der Waals surface area contributed by atoms with Crippen LogP contribution in [0.15, 0.2) is 52.8 Å². The predicted molar refractivity (Wildman–Crippen MR) is 132 cm³/mol. The molecular formula is C25H34F3N5O3. The van der Waals surface area contributed by atoms with Gasteiger partial charge >= 0.3 is 6.18 Å². The van der Waals surface area contributed by atoms with Crippen molar-refractivity contribution in [2.24, 2.45) is 10.7 Å². The molecule has 1 aromatic rings. The van der Waals surface area contributed by atoms with Crippen LogP contribution in [0.1, 0.15) is 31.7 Å². The molecule has 36 heavy (non-hydrogen) atoms. The summed E-state index contributed by atoms with van der Waals surface area (Å²) in [6.45, 7) is 7.84. The van der Waals surface area contributed by atoms with Gasteiger partial charge in [-0.25, -0.2) is 4.99 Å². The zero-order chi connectivity index (χ0) is 26.3. The summed E-state index contributed by atoms with van der Waals surface area (Å²) in [6.07, 6.45) is -1.03. The summed E-state index contributed by atoms with van der Waals surface area (Å²) in [4.78, 5) is 19.1. The van der Waals surface area contributed by atoms with Crippen molar-refractivity contribution in [2.45, 2.75) is 50.6 Å². The number of halogens is 3. The number of rotatable bonds is 8. The molecule has 0 spiro atoms. The second-order valence-electron chi connectivity index (χ2n) is 8.91. The zero-order valence-electron chi connectivity index (χ0n) is 20.6. The van der Waals surface area contributed by atoms with Gasteiger partial charge in [-0.2, -0.15) is 13.2 Å². The molecule has 198 valence electrons. The number of hydrogen-bond acceptors (Lipinski definition) is 6. The molecule has 0 radical (unpaired) electrons. The number of ether oxygens (including phenoxy) is 2. The van der Waals surface area contributed by atoms with Crippen LogP contribution in [-0.2, 0) is 20.4 Å². The van der Waals surface area contributed by atoms with Gasteiger partial charge in [0.25, 0.3) is 5.91 Å². The number of nitrogens with one attached hydrogen (secondary N) is 2. The van der Waals surface area contributed by atoms with E-state index in [1.807, 2.05) is 0 Å². The van der Waals surface area contributed by atoms with E-state index >= 15 is 0 Å². The summed E-state index contributed by atoms with van der Waals surface area (Å²) in [5.74, 6) is -0.305. The van der Waals surface area contributed by atoms with Gasteiger partial charge in [0.1, 0.15) is 5.70 Å². The van der Waals surface area contributed by atoms with Crippen LogP contribution in [0.4, 0.5) is 18.9 Å². The lowest BCUT2D eigenvalue weighted by Crippen LogP contribution is -2.54. The van der Waals surface area contributed by atoms with Crippen molar-refractivity contribution in [3.8, 4) is 0 Å². The topological polar surface area (TPSA) is 101 Å². The van der Waals surface area contributed by atoms with Gasteiger partial charge in [0.15, 0.2) is 0 Å². The molecule has 0 bridgehead atoms. The molecule has 1 aromatic carbocycles. The van der Waals surface area contributed by atoms with Crippen molar-refractivity contribution < 1.29 is 27.4 Å². The maximum Gasteiger partial charge on any atom is 0.416 e. The Bertz CT molecular complexity index is 987. The standard InChI is InChI=1S/C25H34F3N5O3/c1-16(17(2)31-20-6-4-5-18(13-20)25(26,27)28)23(30-15-29)24(34)33-10-7-19(8-11-33)32-21-9-12-36-14-22(21)35-3/h4-6,13,15,19,21-22,31-32H,2,7-12,14H2,1,3H3,(H2,29,30)/b23-16-. The number of amides is 1. The first-order chi connectivity index (χ1) is 17.1. The van der Waals surface area contributed by atoms with Gasteiger partial charge in [-0.3, -0.25) is 4.79 Å². The van der Waals surface area contributed by atoms with Crippen molar-refractivity contribution in [3.63, 3.8) is 0 Å². The van der Waals surface area contributed by atoms with Crippen LogP contribution >= 0.6 is 0 Å². The Balaban J connectivity index is 1.64. The molecule has 8 nitrogen and oxygen atoms in total. The first-order valence-electron chi connectivity index (χ1n) is 11.9. The molecule has 2 atom stereocenters. The van der Waals surface area contributed by atoms with E-state index in [1.165, 1.54) is 12.1 Å². The van der Waals surface area contributed by atoms with E-state index in [9.17, 15) is 18.0 Å². The Labute approximate surface area is 209 Å². The molecule has 2 saturated heterocycles. The maximum absolute atomic E-state index is 13.3. The zero-order valence-corrected chi connectivity index (χ0v) is 20.6. The molecule has 2 unspecified atom stereocenters. The van der Waals surface area contributed by atoms with Gasteiger partial charge in [0.2, 0.25) is 0 Å². The van der Waals surface area contributed by atoms with E-state index < -0.39 is 11.7 Å². The molecule has 1 amide bonds. The Morgan fingerprint density at radius 2 is 2.03 bits per heavy atom. The first kappa shape index (κ1) is 27.7. The van der Waals surface area contributed by atoms with Crippen LogP contribution in [-0.4, -0.2) is 68.7 Å². The van der Waals surface area contributed by atoms with E-state index in [2.05, 4.69) is 22.2 Å². The van der Waals surface area contributed by atoms with Crippen LogP contribution in [0, 0.1) is 0 Å². The monoisotopic (exact) mass is 509 g/mol. The van der Waals surface area contributed by atoms with E-state index in [0.29, 0.717) is 31.9 Å². The molecule has 0 saturated carbocycles. The Morgan fingerprint density at radius 1 is 1.31 bits per heavy atom. The quantitative estimate of drug-likeness (QED) is 0.215. The molecule has 4 N–H and O–H groups in total. The van der Waals surface area contributed by atoms with E-state index in [0.717, 1.165) is 37.7 Å². The van der Waals surface area contributed by atoms with Crippen molar-refractivity contribution in [1.29, 1.82) is 0 Å². The van der Waals surface area contributed by atoms with Gasteiger partial charge in [-0.05, 0) is 44.4 Å². The molecule has 3 rings (SSSR count). The van der Waals surface area contributed by atoms with Gasteiger partial charge in [0.05, 0.1) is 24.6 Å². The highest BCUT2D eigenvalue weighted by atomic mass is 19.4. The van der Waals surface area contributed by atoms with E-state index in [-0.39, 0.29) is 41.2 Å². The number of aliphatic imine (C=N–C) groups is 1. The summed E-state index contributed by atoms with van der Waals surface area (Å²) in [5.41, 5.74) is 5.66. The maximum atomic E-state index is 13.3. The fourth-order valence-corrected chi connectivity index (χ4v) is 4.41. The average Bonchev–Trinajstić information content (AvgIpc) is 2.87. The van der Waals surface area contributed by atoms with Gasteiger partial charge in [-0.1, -0.05) is 12.6 Å². The summed E-state index contributed by atoms with van der Waals surface area (Å²) in [7, 11) is 1.68. The Kier molecular flexibility index (Phi) is 9.52. The van der Waals surface area contributed by atoms with Crippen LogP contribution in [0.3, 0.4) is 0 Å². The molecule has 2 heterocycles. The number of benzene rings is 1. The number of anilines is 1. The minimum atomic E-state index is -4.47. The fourth-order valence-electron chi connectivity index (χ4n) is 4.41. The van der Waals surface area contributed by atoms with Crippen LogP contribution in [0.2, 0.25) is 0 Å². The third kappa shape index (κ3) is 7.08. The molecule has 0 aliphatic carbocycles. The number of carbonyl (C=O) groups is 1. The summed E-state index contributed by atoms with van der Waals surface area (Å²) in [6, 6.07) is 5.22. The minimum Gasteiger partial charge on any atom is -0.390 e. The summed E-state index contributed by atoms with van der Waals surface area (Å²) >= 11 is 0. The van der Waals surface area contributed by atoms with Crippen LogP contribution < -0.4 is 16.4 Å². The minimum absolute atomic E-state index is 0.00447. The number of hydrogen-bond donors (Lipinski definition) is 3. The summed E-state index contributed by atoms with van der Waals surface area (Å²) in [5, 5.41) is 6.49. The molecule has 2 aliphatic heterocycles. The van der Waals surface area contributed by atoms with Crippen LogP contribution in [0.25, 0.3) is 0 Å². The molecular weight excluding hydrogens is 475 g/mol. The van der Waals surface area contributed by atoms with E-state index in [4.69, 9.17) is 15.2 Å². The number of likely N-dealkylation sites (tertiary alicyclic amines) is 1. The van der Waals surface area contributed by atoms with Crippen molar-refractivity contribution in [1.82, 2.24) is 10.2 Å². The fraction of sp³-hybridized carbons (Fsp3) is 0.520. The smallest absolute Gasteiger partial charge is 0.390 e. The number of carbonyl (C=O) groups excluding carboxylic acids is 1. The molecule has 2 fully saturated rings. The number of allylic oxidation sites excluding steroid dienone is 1. The number of alkyl halides is 3. The second kappa shape index (κ2) is 12.4. The largest absolute Gasteiger partial charge is 0.416 e. The lowest BCUT2D eigenvalue weighted by atomic mass is 9.99. The normalized spacial score (nSPS) is 22.4. The lowest BCUT2D eigenvalue weighted by molar-refractivity contribution is -0.137. The summed E-state index contributed by atoms with van der Waals surface area (Å²) < 4.78 is 50.1. The highest BCUT2D eigenvalue weighted by Gasteiger charge is 2.32. The molecule has 11 heteroatoms. The Morgan fingerprint density at radius 3 is 2.67 bits per heavy atom. The first-order valence-corrected chi connectivity index (χ1v) is 11.9. The number of nitrogens with zero attached hydrogens (tertiary/aromatic N) is 2. The SMILES string of the molecule is C=C(Nc1cccc(C(F)(F)F)c1)/C(C)=C(\N=CN)C(=O)N1CCC(NC2CCOCC2OC)CC1. The third-order valence-corrected chi connectivity index (χ3v) is 6.54. The van der Waals surface area contributed by atoms with Crippen LogP contribution in [0.5, 0.6) is 0 Å². The van der Waals surface area contributed by atoms with Crippen molar-refractivity contribution >= 4 is 17.9 Å². The van der Waals surface area contributed by atoms with Crippen molar-refractivity contribution in [2.75, 3.05) is 38.7 Å². The second-order valence-corrected chi connectivity index (χ2v) is 8.91. The van der Waals surface area contributed by atoms with E-state index in [1.54, 1.807) is 18.9 Å². The van der Waals surface area contributed by atoms with Gasteiger partial charge in [0, 0.05) is 55.8 Å². The van der Waals surface area contributed by atoms with Gasteiger partial charge in [-0.15, -0.1) is 0 Å². The number of methoxy groups -OCH3 is 1. The highest BCUT2D eigenvalue weighted by Crippen LogP contribution is 2.31. The average molecular weight is 510 g/mol. The van der Waals surface area contributed by atoms with Gasteiger partial charge < -0.3 is 30.7 Å². The highest BCUT2D eigenvalue weighted by molar-refractivity contribution is 5.96.